The van der Waals surface area contributed by atoms with Gasteiger partial charge in [-0.1, -0.05) is 48.5 Å². The first-order chi connectivity index (χ1) is 10.9. The number of rotatable bonds is 2. The lowest BCUT2D eigenvalue weighted by Gasteiger charge is -2.08. The van der Waals surface area contributed by atoms with Crippen molar-refractivity contribution < 1.29 is 0 Å². The van der Waals surface area contributed by atoms with E-state index >= 15 is 0 Å². The van der Waals surface area contributed by atoms with E-state index in [1.165, 1.54) is 21.5 Å². The molecule has 4 rings (SSSR count). The van der Waals surface area contributed by atoms with Gasteiger partial charge in [-0.05, 0) is 27.6 Å². The number of benzene rings is 3. The predicted octanol–water partition coefficient (Wildman–Crippen LogP) is 2.88. The van der Waals surface area contributed by atoms with Gasteiger partial charge < -0.3 is 5.32 Å². The van der Waals surface area contributed by atoms with E-state index in [-0.39, 0.29) is 0 Å². The van der Waals surface area contributed by atoms with Crippen molar-refractivity contribution in [2.24, 2.45) is 10.1 Å². The number of nitrogens with one attached hydrogen (secondary N) is 2. The molecule has 4 nitrogen and oxygen atoms in total. The summed E-state index contributed by atoms with van der Waals surface area (Å²) in [6, 6.07) is 19.0. The largest absolute Gasteiger partial charge is 0.353 e. The van der Waals surface area contributed by atoms with E-state index in [1.807, 2.05) is 6.21 Å². The summed E-state index contributed by atoms with van der Waals surface area (Å²) in [7, 11) is 0. The lowest BCUT2D eigenvalue weighted by atomic mass is 9.97. The summed E-state index contributed by atoms with van der Waals surface area (Å²) >= 11 is 0. The van der Waals surface area contributed by atoms with E-state index in [9.17, 15) is 0 Å². The number of nitrogens with zero attached hydrogens (tertiary/aromatic N) is 2. The minimum atomic E-state index is 0.737. The summed E-state index contributed by atoms with van der Waals surface area (Å²) in [6.07, 6.45) is 1.88. The van der Waals surface area contributed by atoms with Crippen LogP contribution in [0.5, 0.6) is 0 Å². The number of aliphatic imine (C=N–C) groups is 1. The molecule has 0 spiro atoms. The fraction of sp³-hybridized carbons (Fsp3) is 0.111. The van der Waals surface area contributed by atoms with Gasteiger partial charge in [-0.15, -0.1) is 0 Å². The number of guanidine groups is 1. The second-order valence-electron chi connectivity index (χ2n) is 5.26. The molecule has 22 heavy (non-hydrogen) atoms. The first kappa shape index (κ1) is 12.8. The first-order valence-electron chi connectivity index (χ1n) is 7.40. The van der Waals surface area contributed by atoms with Crippen LogP contribution in [0.1, 0.15) is 5.56 Å². The summed E-state index contributed by atoms with van der Waals surface area (Å²) in [6.45, 7) is 1.67. The van der Waals surface area contributed by atoms with Crippen LogP contribution >= 0.6 is 0 Å². The molecule has 0 aliphatic carbocycles. The highest BCUT2D eigenvalue weighted by atomic mass is 15.4. The maximum absolute atomic E-state index is 4.36. The van der Waals surface area contributed by atoms with Gasteiger partial charge in [-0.25, -0.2) is 10.4 Å². The number of fused-ring (bicyclic) bond motifs is 2. The van der Waals surface area contributed by atoms with Gasteiger partial charge in [0.1, 0.15) is 0 Å². The van der Waals surface area contributed by atoms with E-state index < -0.39 is 0 Å². The molecule has 3 aromatic rings. The van der Waals surface area contributed by atoms with Gasteiger partial charge in [-0.2, -0.15) is 5.10 Å². The third-order valence-electron chi connectivity index (χ3n) is 3.85. The molecule has 1 heterocycles. The van der Waals surface area contributed by atoms with Crippen LogP contribution in [0.15, 0.2) is 64.7 Å². The van der Waals surface area contributed by atoms with Crippen molar-refractivity contribution in [1.82, 2.24) is 10.7 Å². The fourth-order valence-electron chi connectivity index (χ4n) is 2.82. The third kappa shape index (κ3) is 2.29. The molecule has 0 aromatic heterocycles. The minimum Gasteiger partial charge on any atom is -0.353 e. The smallest absolute Gasteiger partial charge is 0.212 e. The summed E-state index contributed by atoms with van der Waals surface area (Å²) in [4.78, 5) is 4.27. The molecule has 0 amide bonds. The number of hydrogen-bond donors (Lipinski definition) is 2. The zero-order valence-corrected chi connectivity index (χ0v) is 12.1. The Kier molecular flexibility index (Phi) is 3.20. The van der Waals surface area contributed by atoms with Crippen LogP contribution in [0.4, 0.5) is 0 Å². The molecule has 2 N–H and O–H groups in total. The van der Waals surface area contributed by atoms with Gasteiger partial charge >= 0.3 is 0 Å². The van der Waals surface area contributed by atoms with Gasteiger partial charge in [-0.3, -0.25) is 0 Å². The highest BCUT2D eigenvalue weighted by Crippen LogP contribution is 2.27. The minimum absolute atomic E-state index is 0.737. The van der Waals surface area contributed by atoms with Crippen LogP contribution in [0.3, 0.4) is 0 Å². The van der Waals surface area contributed by atoms with Gasteiger partial charge in [0.15, 0.2) is 0 Å². The molecule has 3 aromatic carbocycles. The van der Waals surface area contributed by atoms with E-state index in [1.54, 1.807) is 0 Å². The molecule has 0 unspecified atom stereocenters. The van der Waals surface area contributed by atoms with E-state index in [4.69, 9.17) is 0 Å². The molecule has 0 saturated heterocycles. The van der Waals surface area contributed by atoms with Crippen molar-refractivity contribution in [2.45, 2.75) is 0 Å². The molecule has 1 aliphatic heterocycles. The van der Waals surface area contributed by atoms with E-state index in [0.29, 0.717) is 0 Å². The second kappa shape index (κ2) is 5.48. The topological polar surface area (TPSA) is 48.8 Å². The first-order valence-corrected chi connectivity index (χ1v) is 7.40. The van der Waals surface area contributed by atoms with Crippen LogP contribution in [0.2, 0.25) is 0 Å². The molecule has 0 bridgehead atoms. The Morgan fingerprint density at radius 2 is 1.68 bits per heavy atom. The highest BCUT2D eigenvalue weighted by molar-refractivity contribution is 6.13. The standard InChI is InChI=1S/C18H16N4/c1-3-7-15-13(5-1)11-14-6-2-4-8-16(14)17(15)12-21-22-18-19-9-10-20-18/h1-8,11-12H,9-10H2,(H2,19,20,22)/b21-12-. The average molecular weight is 288 g/mol. The monoisotopic (exact) mass is 288 g/mol. The molecule has 0 atom stereocenters. The summed E-state index contributed by atoms with van der Waals surface area (Å²) in [5.41, 5.74) is 4.09. The van der Waals surface area contributed by atoms with Crippen LogP contribution in [-0.4, -0.2) is 25.3 Å². The molecular formula is C18H16N4. The Balaban J connectivity index is 1.83. The lowest BCUT2D eigenvalue weighted by molar-refractivity contribution is 0.920. The average Bonchev–Trinajstić information content (AvgIpc) is 3.07. The molecule has 4 heteroatoms. The van der Waals surface area contributed by atoms with Crippen molar-refractivity contribution >= 4 is 33.7 Å². The summed E-state index contributed by atoms with van der Waals surface area (Å²) in [5.74, 6) is 0.737. The third-order valence-corrected chi connectivity index (χ3v) is 3.85. The Morgan fingerprint density at radius 3 is 2.32 bits per heavy atom. The van der Waals surface area contributed by atoms with Crippen molar-refractivity contribution in [2.75, 3.05) is 13.1 Å². The molecule has 0 radical (unpaired) electrons. The molecule has 108 valence electrons. The number of hydrazone groups is 1. The number of hydrogen-bond acceptors (Lipinski definition) is 4. The van der Waals surface area contributed by atoms with Crippen LogP contribution in [-0.2, 0) is 0 Å². The SMILES string of the molecule is C(=N/NC1=NCCN1)/c1c2ccccc2cc2ccccc12. The zero-order valence-electron chi connectivity index (χ0n) is 12.1. The molecule has 1 aliphatic rings. The van der Waals surface area contributed by atoms with Crippen LogP contribution in [0.25, 0.3) is 21.5 Å². The van der Waals surface area contributed by atoms with Crippen molar-refractivity contribution in [3.8, 4) is 0 Å². The van der Waals surface area contributed by atoms with E-state index in [2.05, 4.69) is 75.4 Å². The fourth-order valence-corrected chi connectivity index (χ4v) is 2.82. The Labute approximate surface area is 128 Å². The summed E-state index contributed by atoms with van der Waals surface area (Å²) in [5, 5.41) is 12.3. The maximum Gasteiger partial charge on any atom is 0.212 e. The van der Waals surface area contributed by atoms with E-state index in [0.717, 1.165) is 24.6 Å². The summed E-state index contributed by atoms with van der Waals surface area (Å²) < 4.78 is 0. The van der Waals surface area contributed by atoms with Crippen LogP contribution < -0.4 is 10.7 Å². The zero-order chi connectivity index (χ0) is 14.8. The van der Waals surface area contributed by atoms with Gasteiger partial charge in [0, 0.05) is 12.1 Å². The van der Waals surface area contributed by atoms with Gasteiger partial charge in [0.2, 0.25) is 5.96 Å². The lowest BCUT2D eigenvalue weighted by Crippen LogP contribution is -2.30. The Hall–Kier alpha value is -2.88. The second-order valence-corrected chi connectivity index (χ2v) is 5.26. The van der Waals surface area contributed by atoms with Crippen molar-refractivity contribution in [1.29, 1.82) is 0 Å². The van der Waals surface area contributed by atoms with Crippen molar-refractivity contribution in [3.63, 3.8) is 0 Å². The normalized spacial score (nSPS) is 14.5. The Morgan fingerprint density at radius 1 is 1.00 bits per heavy atom. The predicted molar refractivity (Wildman–Crippen MR) is 92.5 cm³/mol. The molecular weight excluding hydrogens is 272 g/mol. The van der Waals surface area contributed by atoms with Gasteiger partial charge in [0.05, 0.1) is 12.8 Å². The molecule has 0 saturated carbocycles. The molecule has 0 fully saturated rings. The quantitative estimate of drug-likeness (QED) is 0.433. The highest BCUT2D eigenvalue weighted by Gasteiger charge is 2.06. The van der Waals surface area contributed by atoms with Crippen molar-refractivity contribution in [3.05, 3.63) is 60.2 Å². The van der Waals surface area contributed by atoms with Gasteiger partial charge in [0.25, 0.3) is 0 Å². The Bertz CT molecular complexity index is 842. The van der Waals surface area contributed by atoms with Crippen LogP contribution in [0, 0.1) is 0 Å². The maximum atomic E-state index is 4.36.